The zero-order valence-corrected chi connectivity index (χ0v) is 25.0. The Kier molecular flexibility index (Phi) is 13.1. The summed E-state index contributed by atoms with van der Waals surface area (Å²) in [5, 5.41) is 20.5. The van der Waals surface area contributed by atoms with Gasteiger partial charge in [-0.3, -0.25) is 28.2 Å². The van der Waals surface area contributed by atoms with E-state index < -0.39 is 71.1 Å². The normalized spacial score (nSPS) is 26.1. The molecule has 36 heavy (non-hydrogen) atoms. The van der Waals surface area contributed by atoms with E-state index in [-0.39, 0.29) is 77.6 Å². The molecule has 2 aliphatic rings. The third-order valence-electron chi connectivity index (χ3n) is 4.99. The molecule has 188 valence electrons. The summed E-state index contributed by atoms with van der Waals surface area (Å²) < 4.78 is 35.1. The van der Waals surface area contributed by atoms with Gasteiger partial charge in [0.05, 0.1) is 21.0 Å². The van der Waals surface area contributed by atoms with Crippen molar-refractivity contribution in [3.8, 4) is 0 Å². The van der Waals surface area contributed by atoms with Crippen molar-refractivity contribution in [3.63, 3.8) is 0 Å². The standard InChI is InChI=1S/C17H22N2O13P2.2Na/c20-11(10-4-2-1-3-5-10)8-19-13(21)6-7-18(17(19)24)16-15(23)14(22)12(31-16)9-30-34(28,29)32-33(25,26)27;;/h1-5,12,14-16,22-23H,6-9H2,(H,28,29)(H2,25,26,27);;/q;2*+1/p-2/t12-,14-,15-,16-;;/m1../s1. The van der Waals surface area contributed by atoms with E-state index in [1.165, 1.54) is 12.1 Å². The van der Waals surface area contributed by atoms with Crippen LogP contribution in [0.15, 0.2) is 30.3 Å². The summed E-state index contributed by atoms with van der Waals surface area (Å²) in [6, 6.07) is 6.93. The Hall–Kier alpha value is -0.0300. The summed E-state index contributed by atoms with van der Waals surface area (Å²) in [5.41, 5.74) is 0.265. The Balaban J connectivity index is 0.00000324. The van der Waals surface area contributed by atoms with E-state index in [9.17, 15) is 48.4 Å². The Labute approximate surface area is 249 Å². The number of nitrogens with zero attached hydrogens (tertiary/aromatic N) is 2. The number of aliphatic hydroxyl groups excluding tert-OH is 2. The van der Waals surface area contributed by atoms with Crippen molar-refractivity contribution in [1.29, 1.82) is 0 Å². The van der Waals surface area contributed by atoms with Crippen LogP contribution in [0.25, 0.3) is 0 Å². The molecule has 3 N–H and O–H groups in total. The van der Waals surface area contributed by atoms with E-state index in [1.807, 2.05) is 0 Å². The number of phosphoric ester groups is 1. The van der Waals surface area contributed by atoms with Gasteiger partial charge in [-0.15, -0.1) is 0 Å². The van der Waals surface area contributed by atoms with Crippen LogP contribution in [-0.2, 0) is 27.5 Å². The van der Waals surface area contributed by atoms with Gasteiger partial charge in [0.2, 0.25) is 5.91 Å². The fourth-order valence-electron chi connectivity index (χ4n) is 3.40. The van der Waals surface area contributed by atoms with Crippen LogP contribution in [0.1, 0.15) is 16.8 Å². The number of imide groups is 1. The number of aliphatic hydroxyl groups is 2. The average molecular weight is 568 g/mol. The van der Waals surface area contributed by atoms with Crippen molar-refractivity contribution in [1.82, 2.24) is 9.80 Å². The summed E-state index contributed by atoms with van der Waals surface area (Å²) in [7, 11) is -11.2. The quantitative estimate of drug-likeness (QED) is 0.143. The predicted octanol–water partition coefficient (Wildman–Crippen LogP) is -8.06. The van der Waals surface area contributed by atoms with Crippen molar-refractivity contribution >= 4 is 33.4 Å². The van der Waals surface area contributed by atoms with Gasteiger partial charge in [-0.2, -0.15) is 0 Å². The number of ether oxygens (including phenoxy) is 1. The number of ketones is 1. The van der Waals surface area contributed by atoms with E-state index in [0.29, 0.717) is 4.90 Å². The molecule has 0 spiro atoms. The van der Waals surface area contributed by atoms with Crippen LogP contribution >= 0.6 is 15.6 Å². The summed E-state index contributed by atoms with van der Waals surface area (Å²) >= 11 is 0. The van der Waals surface area contributed by atoms with E-state index in [4.69, 9.17) is 4.74 Å². The minimum atomic E-state index is -5.87. The maximum Gasteiger partial charge on any atom is 1.00 e. The van der Waals surface area contributed by atoms with Gasteiger partial charge in [-0.05, 0) is 0 Å². The number of hydrogen-bond donors (Lipinski definition) is 3. The molecule has 1 unspecified atom stereocenters. The third kappa shape index (κ3) is 8.75. The van der Waals surface area contributed by atoms with Crippen molar-refractivity contribution < 1.29 is 121 Å². The van der Waals surface area contributed by atoms with Gasteiger partial charge < -0.3 is 34.2 Å². The molecule has 0 saturated carbocycles. The van der Waals surface area contributed by atoms with Gasteiger partial charge >= 0.3 is 73.0 Å². The van der Waals surface area contributed by atoms with Gasteiger partial charge in [-0.25, -0.2) is 9.36 Å². The van der Waals surface area contributed by atoms with E-state index in [1.54, 1.807) is 18.2 Å². The Morgan fingerprint density at radius 1 is 1.11 bits per heavy atom. The molecule has 0 aliphatic carbocycles. The Morgan fingerprint density at radius 2 is 1.72 bits per heavy atom. The van der Waals surface area contributed by atoms with Crippen LogP contribution in [0.4, 0.5) is 4.79 Å². The van der Waals surface area contributed by atoms with Gasteiger partial charge in [0.25, 0.3) is 0 Å². The number of phosphoric acid groups is 2. The smallest absolute Gasteiger partial charge is 0.789 e. The molecular formula is C17H20N2Na2O13P2. The van der Waals surface area contributed by atoms with Crippen LogP contribution < -0.4 is 68.9 Å². The topological polar surface area (TPSA) is 226 Å². The third-order valence-corrected chi connectivity index (χ3v) is 7.09. The molecule has 3 rings (SSSR count). The monoisotopic (exact) mass is 568 g/mol. The van der Waals surface area contributed by atoms with E-state index in [2.05, 4.69) is 8.83 Å². The summed E-state index contributed by atoms with van der Waals surface area (Å²) in [6.07, 6.45) is -6.85. The van der Waals surface area contributed by atoms with Crippen LogP contribution in [0, 0.1) is 0 Å². The minimum absolute atomic E-state index is 0. The first-order valence-corrected chi connectivity index (χ1v) is 12.7. The molecule has 0 aromatic heterocycles. The molecule has 3 amide bonds. The Morgan fingerprint density at radius 3 is 2.31 bits per heavy atom. The Bertz CT molecular complexity index is 1040. The fraction of sp³-hybridized carbons (Fsp3) is 0.471. The number of carbonyl (C=O) groups is 3. The van der Waals surface area contributed by atoms with Crippen LogP contribution in [0.5, 0.6) is 0 Å². The average Bonchev–Trinajstić information content (AvgIpc) is 3.02. The molecule has 0 radical (unpaired) electrons. The largest absolute Gasteiger partial charge is 1.00 e. The van der Waals surface area contributed by atoms with Gasteiger partial charge in [-0.1, -0.05) is 30.3 Å². The zero-order valence-electron chi connectivity index (χ0n) is 19.2. The van der Waals surface area contributed by atoms with E-state index in [0.717, 1.165) is 4.90 Å². The second kappa shape index (κ2) is 13.9. The summed E-state index contributed by atoms with van der Waals surface area (Å²) in [6.45, 7) is -1.81. The number of hydrogen-bond acceptors (Lipinski definition) is 12. The minimum Gasteiger partial charge on any atom is -0.789 e. The van der Waals surface area contributed by atoms with Crippen molar-refractivity contribution in [2.45, 2.75) is 31.0 Å². The summed E-state index contributed by atoms with van der Waals surface area (Å²) in [5.74, 6) is -1.16. The maximum absolute atomic E-state index is 12.9. The molecule has 2 heterocycles. The molecule has 15 nitrogen and oxygen atoms in total. The molecule has 2 fully saturated rings. The second-order valence-electron chi connectivity index (χ2n) is 7.33. The number of amides is 3. The molecule has 19 heteroatoms. The van der Waals surface area contributed by atoms with Crippen LogP contribution in [0.2, 0.25) is 0 Å². The number of rotatable bonds is 9. The molecule has 0 bridgehead atoms. The number of carbonyl (C=O) groups excluding carboxylic acids is 3. The molecule has 2 saturated heterocycles. The van der Waals surface area contributed by atoms with Crippen LogP contribution in [0.3, 0.4) is 0 Å². The molecular weight excluding hydrogens is 548 g/mol. The first-order chi connectivity index (χ1) is 15.8. The predicted molar refractivity (Wildman–Crippen MR) is 104 cm³/mol. The molecule has 2 aliphatic heterocycles. The molecule has 5 atom stereocenters. The van der Waals surface area contributed by atoms with Gasteiger partial charge in [0, 0.05) is 18.5 Å². The number of benzene rings is 1. The van der Waals surface area contributed by atoms with Gasteiger partial charge in [0.15, 0.2) is 12.0 Å². The second-order valence-corrected chi connectivity index (χ2v) is 10.1. The SMILES string of the molecule is O=C(CN1C(=O)CCN([C@@H]2O[C@H](COP(=O)(O)OP(=O)([O-])[O-])[C@@H](O)[C@H]2O)C1=O)c1ccccc1.[Na+].[Na+]. The van der Waals surface area contributed by atoms with E-state index >= 15 is 0 Å². The first-order valence-electron chi connectivity index (χ1n) is 9.70. The van der Waals surface area contributed by atoms with Crippen LogP contribution in [-0.4, -0.2) is 86.9 Å². The summed E-state index contributed by atoms with van der Waals surface area (Å²) in [4.78, 5) is 69.4. The number of Topliss-reactive ketones (excluding diaryl/α,β-unsaturated/α-hetero) is 1. The maximum atomic E-state index is 12.9. The number of urea groups is 1. The van der Waals surface area contributed by atoms with Crippen molar-refractivity contribution in [2.24, 2.45) is 0 Å². The van der Waals surface area contributed by atoms with Gasteiger partial charge in [0.1, 0.15) is 18.3 Å². The van der Waals surface area contributed by atoms with Crippen molar-refractivity contribution in [2.75, 3.05) is 19.7 Å². The molecule has 1 aromatic rings. The molecule has 1 aromatic carbocycles. The fourth-order valence-corrected chi connectivity index (χ4v) is 4.94. The first kappa shape index (κ1) is 34.0. The van der Waals surface area contributed by atoms with Crippen molar-refractivity contribution in [3.05, 3.63) is 35.9 Å². The zero-order chi connectivity index (χ0) is 25.3.